The van der Waals surface area contributed by atoms with Gasteiger partial charge in [-0.15, -0.1) is 11.3 Å². The summed E-state index contributed by atoms with van der Waals surface area (Å²) in [7, 11) is 0. The van der Waals surface area contributed by atoms with Crippen LogP contribution in [0.4, 0.5) is 0 Å². The van der Waals surface area contributed by atoms with Crippen molar-refractivity contribution in [2.75, 3.05) is 6.54 Å². The van der Waals surface area contributed by atoms with E-state index in [1.807, 2.05) is 29.6 Å². The lowest BCUT2D eigenvalue weighted by Gasteiger charge is -2.29. The van der Waals surface area contributed by atoms with Gasteiger partial charge < -0.3 is 10.8 Å². The summed E-state index contributed by atoms with van der Waals surface area (Å²) in [5.41, 5.74) is 7.09. The van der Waals surface area contributed by atoms with Crippen molar-refractivity contribution >= 4 is 11.3 Å². The number of aliphatic hydroxyl groups is 1. The zero-order valence-corrected chi connectivity index (χ0v) is 11.6. The summed E-state index contributed by atoms with van der Waals surface area (Å²) in [4.78, 5) is 1.19. The Balaban J connectivity index is 1.89. The summed E-state index contributed by atoms with van der Waals surface area (Å²) in [5.74, 6) is 0.0442. The molecule has 19 heavy (non-hydrogen) atoms. The lowest BCUT2D eigenvalue weighted by molar-refractivity contribution is 0.105. The van der Waals surface area contributed by atoms with Crippen LogP contribution in [-0.2, 0) is 5.41 Å². The molecule has 1 saturated carbocycles. The topological polar surface area (TPSA) is 46.2 Å². The molecule has 1 aromatic heterocycles. The van der Waals surface area contributed by atoms with Crippen LogP contribution in [0.1, 0.15) is 29.2 Å². The summed E-state index contributed by atoms with van der Waals surface area (Å²) in [5, 5.41) is 12.9. The molecule has 2 unspecified atom stereocenters. The van der Waals surface area contributed by atoms with E-state index >= 15 is 0 Å². The predicted molar refractivity (Wildman–Crippen MR) is 79.5 cm³/mol. The van der Waals surface area contributed by atoms with Gasteiger partial charge in [-0.3, -0.25) is 0 Å². The van der Waals surface area contributed by atoms with Gasteiger partial charge in [0.2, 0.25) is 0 Å². The highest BCUT2D eigenvalue weighted by molar-refractivity contribution is 7.10. The van der Waals surface area contributed by atoms with Crippen molar-refractivity contribution in [2.24, 2.45) is 5.73 Å². The molecule has 1 heterocycles. The van der Waals surface area contributed by atoms with Gasteiger partial charge >= 0.3 is 0 Å². The molecule has 0 bridgehead atoms. The molecule has 0 aliphatic heterocycles. The zero-order chi connectivity index (χ0) is 13.3. The van der Waals surface area contributed by atoms with Gasteiger partial charge in [0.25, 0.3) is 0 Å². The van der Waals surface area contributed by atoms with Crippen molar-refractivity contribution in [2.45, 2.75) is 30.3 Å². The zero-order valence-electron chi connectivity index (χ0n) is 10.8. The van der Waals surface area contributed by atoms with Crippen molar-refractivity contribution in [3.63, 3.8) is 0 Å². The maximum Gasteiger partial charge on any atom is 0.0725 e. The van der Waals surface area contributed by atoms with E-state index in [4.69, 9.17) is 5.73 Å². The van der Waals surface area contributed by atoms with E-state index in [1.165, 1.54) is 10.4 Å². The van der Waals surface area contributed by atoms with E-state index in [1.54, 1.807) is 11.3 Å². The van der Waals surface area contributed by atoms with E-state index in [2.05, 4.69) is 18.2 Å². The molecular formula is C16H19NOS. The van der Waals surface area contributed by atoms with Gasteiger partial charge in [-0.25, -0.2) is 0 Å². The summed E-state index contributed by atoms with van der Waals surface area (Å²) in [6.45, 7) is 0.496. The van der Waals surface area contributed by atoms with E-state index in [9.17, 15) is 5.11 Å². The normalized spacial score (nSPS) is 19.9. The van der Waals surface area contributed by atoms with E-state index in [0.29, 0.717) is 6.54 Å². The van der Waals surface area contributed by atoms with Crippen LogP contribution in [0.25, 0.3) is 0 Å². The number of benzene rings is 1. The molecule has 3 heteroatoms. The number of hydrogen-bond donors (Lipinski definition) is 2. The monoisotopic (exact) mass is 273 g/mol. The minimum atomic E-state index is -0.390. The maximum atomic E-state index is 10.9. The third-order valence-corrected chi connectivity index (χ3v) is 5.25. The van der Waals surface area contributed by atoms with Crippen molar-refractivity contribution < 1.29 is 5.11 Å². The highest BCUT2D eigenvalue weighted by atomic mass is 32.1. The molecule has 3 rings (SSSR count). The largest absolute Gasteiger partial charge is 0.391 e. The van der Waals surface area contributed by atoms with Crippen LogP contribution in [0.3, 0.4) is 0 Å². The first-order chi connectivity index (χ1) is 9.28. The number of rotatable bonds is 5. The van der Waals surface area contributed by atoms with Crippen LogP contribution in [-0.4, -0.2) is 17.8 Å². The van der Waals surface area contributed by atoms with E-state index in [-0.39, 0.29) is 11.3 Å². The third kappa shape index (κ3) is 2.22. The summed E-state index contributed by atoms with van der Waals surface area (Å²) in [6.07, 6.45) is 1.72. The fourth-order valence-electron chi connectivity index (χ4n) is 2.95. The van der Waals surface area contributed by atoms with Crippen LogP contribution < -0.4 is 5.73 Å². The van der Waals surface area contributed by atoms with Gasteiger partial charge in [0.15, 0.2) is 0 Å². The Hall–Kier alpha value is -1.16. The number of thiophene rings is 1. The standard InChI is InChI=1S/C16H19NOS/c17-11-13(14-7-4-10-19-14)15(18)16(8-9-16)12-5-2-1-3-6-12/h1-7,10,13,15,18H,8-9,11,17H2. The lowest BCUT2D eigenvalue weighted by atomic mass is 9.82. The van der Waals surface area contributed by atoms with Crippen LogP contribution in [0.2, 0.25) is 0 Å². The van der Waals surface area contributed by atoms with Crippen LogP contribution in [0.15, 0.2) is 47.8 Å². The molecule has 2 nitrogen and oxygen atoms in total. The Bertz CT molecular complexity index is 519. The molecule has 1 fully saturated rings. The second-order valence-corrected chi connectivity index (χ2v) is 6.30. The molecular weight excluding hydrogens is 254 g/mol. The smallest absolute Gasteiger partial charge is 0.0725 e. The van der Waals surface area contributed by atoms with Crippen LogP contribution in [0.5, 0.6) is 0 Å². The average molecular weight is 273 g/mol. The Labute approximate surface area is 117 Å². The molecule has 2 aromatic rings. The molecule has 0 amide bonds. The number of aliphatic hydroxyl groups excluding tert-OH is 1. The van der Waals surface area contributed by atoms with Crippen LogP contribution in [0, 0.1) is 0 Å². The number of nitrogens with two attached hydrogens (primary N) is 1. The highest BCUT2D eigenvalue weighted by Gasteiger charge is 2.52. The van der Waals surface area contributed by atoms with Gasteiger partial charge in [0, 0.05) is 22.8 Å². The molecule has 1 aromatic carbocycles. The molecule has 1 aliphatic rings. The molecule has 1 aliphatic carbocycles. The minimum absolute atomic E-state index is 0.0442. The van der Waals surface area contributed by atoms with Crippen molar-refractivity contribution in [1.82, 2.24) is 0 Å². The van der Waals surface area contributed by atoms with E-state index < -0.39 is 6.10 Å². The summed E-state index contributed by atoms with van der Waals surface area (Å²) in [6, 6.07) is 14.5. The van der Waals surface area contributed by atoms with Gasteiger partial charge in [-0.1, -0.05) is 36.4 Å². The molecule has 0 radical (unpaired) electrons. The average Bonchev–Trinajstić information content (AvgIpc) is 3.11. The first-order valence-corrected chi connectivity index (χ1v) is 7.63. The Morgan fingerprint density at radius 3 is 2.42 bits per heavy atom. The Kier molecular flexibility index (Phi) is 3.44. The fraction of sp³-hybridized carbons (Fsp3) is 0.375. The Morgan fingerprint density at radius 2 is 1.89 bits per heavy atom. The molecule has 100 valence electrons. The second kappa shape index (κ2) is 5.08. The number of hydrogen-bond acceptors (Lipinski definition) is 3. The lowest BCUT2D eigenvalue weighted by Crippen LogP contribution is -2.35. The van der Waals surface area contributed by atoms with Gasteiger partial charge in [-0.2, -0.15) is 0 Å². The molecule has 0 spiro atoms. The molecule has 0 saturated heterocycles. The van der Waals surface area contributed by atoms with Crippen molar-refractivity contribution in [3.05, 3.63) is 58.3 Å². The second-order valence-electron chi connectivity index (χ2n) is 5.32. The van der Waals surface area contributed by atoms with E-state index in [0.717, 1.165) is 12.8 Å². The van der Waals surface area contributed by atoms with Crippen molar-refractivity contribution in [3.8, 4) is 0 Å². The third-order valence-electron chi connectivity index (χ3n) is 4.25. The van der Waals surface area contributed by atoms with Crippen molar-refractivity contribution in [1.29, 1.82) is 0 Å². The first-order valence-electron chi connectivity index (χ1n) is 6.75. The minimum Gasteiger partial charge on any atom is -0.391 e. The maximum absolute atomic E-state index is 10.9. The molecule has 3 N–H and O–H groups in total. The van der Waals surface area contributed by atoms with Crippen LogP contribution >= 0.6 is 11.3 Å². The highest BCUT2D eigenvalue weighted by Crippen LogP contribution is 2.54. The predicted octanol–water partition coefficient (Wildman–Crippen LogP) is 2.88. The molecule has 2 atom stereocenters. The van der Waals surface area contributed by atoms with Gasteiger partial charge in [0.1, 0.15) is 0 Å². The summed E-state index contributed by atoms with van der Waals surface area (Å²) >= 11 is 1.68. The van der Waals surface area contributed by atoms with Gasteiger partial charge in [-0.05, 0) is 29.9 Å². The quantitative estimate of drug-likeness (QED) is 0.880. The first kappa shape index (κ1) is 12.9. The summed E-state index contributed by atoms with van der Waals surface area (Å²) < 4.78 is 0. The van der Waals surface area contributed by atoms with Gasteiger partial charge in [0.05, 0.1) is 6.10 Å². The Morgan fingerprint density at radius 1 is 1.16 bits per heavy atom. The SMILES string of the molecule is NCC(c1cccs1)C(O)C1(c2ccccc2)CC1. The fourth-order valence-corrected chi connectivity index (χ4v) is 3.82.